The molecule has 0 amide bonds. The molecule has 2 bridgehead atoms. The van der Waals surface area contributed by atoms with Crippen LogP contribution in [0.25, 0.3) is 21.5 Å². The van der Waals surface area contributed by atoms with E-state index < -0.39 is 5.60 Å². The Kier molecular flexibility index (Phi) is 5.67. The van der Waals surface area contributed by atoms with Gasteiger partial charge in [-0.3, -0.25) is 0 Å². The van der Waals surface area contributed by atoms with Crippen molar-refractivity contribution in [2.75, 3.05) is 0 Å². The summed E-state index contributed by atoms with van der Waals surface area (Å²) in [6.07, 6.45) is 5.88. The van der Waals surface area contributed by atoms with Crippen LogP contribution < -0.4 is 0 Å². The molecule has 186 valence electrons. The highest BCUT2D eigenvalue weighted by atomic mass is 35.5. The summed E-state index contributed by atoms with van der Waals surface area (Å²) in [4.78, 5) is 4.84. The number of aliphatic hydroxyl groups is 1. The minimum absolute atomic E-state index is 0.0636. The number of para-hydroxylation sites is 1. The van der Waals surface area contributed by atoms with E-state index in [1.807, 2.05) is 36.4 Å². The average Bonchev–Trinajstić information content (AvgIpc) is 3.45. The Morgan fingerprint density at radius 2 is 1.72 bits per heavy atom. The van der Waals surface area contributed by atoms with Crippen molar-refractivity contribution in [1.82, 2.24) is 10.1 Å². The predicted octanol–water partition coefficient (Wildman–Crippen LogP) is 7.73. The van der Waals surface area contributed by atoms with Gasteiger partial charge in [0.15, 0.2) is 0 Å². The summed E-state index contributed by atoms with van der Waals surface area (Å²) in [5.41, 5.74) is 2.43. The van der Waals surface area contributed by atoms with E-state index in [9.17, 15) is 5.11 Å². The topological polar surface area (TPSA) is 68.4 Å². The molecule has 5 nitrogen and oxygen atoms in total. The van der Waals surface area contributed by atoms with Gasteiger partial charge in [0.25, 0.3) is 0 Å². The van der Waals surface area contributed by atoms with Crippen LogP contribution in [0.3, 0.4) is 0 Å². The van der Waals surface area contributed by atoms with Gasteiger partial charge < -0.3 is 14.4 Å². The summed E-state index contributed by atoms with van der Waals surface area (Å²) < 4.78 is 13.5. The van der Waals surface area contributed by atoms with Gasteiger partial charge >= 0.3 is 0 Å². The fourth-order valence-corrected chi connectivity index (χ4v) is 8.07. The van der Waals surface area contributed by atoms with E-state index in [-0.39, 0.29) is 17.9 Å². The Balaban J connectivity index is 1.13. The van der Waals surface area contributed by atoms with Crippen molar-refractivity contribution in [1.29, 1.82) is 0 Å². The molecule has 2 aromatic carbocycles. The molecule has 4 atom stereocenters. The maximum absolute atomic E-state index is 11.9. The minimum Gasteiger partial charge on any atom is -0.382 e. The molecule has 7 rings (SSSR count). The molecule has 3 aliphatic carbocycles. The molecule has 36 heavy (non-hydrogen) atoms. The van der Waals surface area contributed by atoms with Crippen molar-refractivity contribution in [3.05, 3.63) is 68.8 Å². The lowest BCUT2D eigenvalue weighted by Crippen LogP contribution is -2.44. The molecule has 0 radical (unpaired) electrons. The minimum atomic E-state index is -0.865. The fraction of sp³-hybridized carbons (Fsp3) is 0.429. The molecule has 8 heteroatoms. The molecular weight excluding hydrogens is 515 g/mol. The first-order chi connectivity index (χ1) is 17.5. The number of hydrogen-bond acceptors (Lipinski definition) is 6. The number of halogens is 2. The van der Waals surface area contributed by atoms with E-state index in [1.54, 1.807) is 11.3 Å². The molecule has 3 saturated carbocycles. The summed E-state index contributed by atoms with van der Waals surface area (Å²) in [5, 5.41) is 18.3. The van der Waals surface area contributed by atoms with Crippen LogP contribution in [0.5, 0.6) is 0 Å². The first-order valence-corrected chi connectivity index (χ1v) is 14.2. The molecule has 2 aromatic heterocycles. The number of nitrogens with zero attached hydrogens (tertiary/aromatic N) is 2. The largest absolute Gasteiger partial charge is 0.382 e. The van der Waals surface area contributed by atoms with Crippen molar-refractivity contribution in [3.8, 4) is 11.3 Å². The van der Waals surface area contributed by atoms with E-state index >= 15 is 0 Å². The standard InChI is InChI=1S/C28H26Cl2N2O3S/c29-20-4-3-5-21(30)24(20)25-19(26(35-32-25)15-8-9-15)14-34-18-12-16-10-11-17(13-18)28(16,33)27-31-22-6-1-2-7-23(22)36-27/h1-7,15-18,33H,8-14H2/t16-,17+,18-,28+. The Morgan fingerprint density at radius 3 is 2.42 bits per heavy atom. The van der Waals surface area contributed by atoms with Crippen LogP contribution in [0.1, 0.15) is 60.8 Å². The Morgan fingerprint density at radius 1 is 1.00 bits per heavy atom. The molecule has 0 unspecified atom stereocenters. The van der Waals surface area contributed by atoms with Crippen LogP contribution in [-0.4, -0.2) is 21.4 Å². The van der Waals surface area contributed by atoms with Crippen molar-refractivity contribution < 1.29 is 14.4 Å². The molecule has 0 aliphatic heterocycles. The first-order valence-electron chi connectivity index (χ1n) is 12.6. The van der Waals surface area contributed by atoms with Gasteiger partial charge in [-0.25, -0.2) is 4.98 Å². The molecule has 1 N–H and O–H groups in total. The first kappa shape index (κ1) is 23.2. The number of fused-ring (bicyclic) bond motifs is 3. The van der Waals surface area contributed by atoms with Gasteiger partial charge in [0.05, 0.1) is 33.0 Å². The Hall–Kier alpha value is -1.96. The molecule has 0 spiro atoms. The third-order valence-corrected chi connectivity index (χ3v) is 10.1. The van der Waals surface area contributed by atoms with Gasteiger partial charge in [-0.2, -0.15) is 0 Å². The molecule has 4 aromatic rings. The van der Waals surface area contributed by atoms with Crippen molar-refractivity contribution in [3.63, 3.8) is 0 Å². The summed E-state index contributed by atoms with van der Waals surface area (Å²) in [7, 11) is 0. The quantitative estimate of drug-likeness (QED) is 0.271. The smallest absolute Gasteiger partial charge is 0.145 e. The van der Waals surface area contributed by atoms with Crippen LogP contribution in [0, 0.1) is 11.8 Å². The maximum atomic E-state index is 11.9. The zero-order valence-electron chi connectivity index (χ0n) is 19.6. The highest BCUT2D eigenvalue weighted by Crippen LogP contribution is 2.57. The number of thiazole rings is 1. The highest BCUT2D eigenvalue weighted by molar-refractivity contribution is 7.18. The number of hydrogen-bond donors (Lipinski definition) is 1. The zero-order chi connectivity index (χ0) is 24.4. The lowest BCUT2D eigenvalue weighted by molar-refractivity contribution is -0.116. The predicted molar refractivity (Wildman–Crippen MR) is 141 cm³/mol. The highest BCUT2D eigenvalue weighted by Gasteiger charge is 2.56. The zero-order valence-corrected chi connectivity index (χ0v) is 22.0. The number of aromatic nitrogens is 2. The van der Waals surface area contributed by atoms with Crippen LogP contribution >= 0.6 is 34.5 Å². The third-order valence-electron chi connectivity index (χ3n) is 8.27. The number of rotatable bonds is 6. The molecule has 3 fully saturated rings. The molecule has 0 saturated heterocycles. The van der Waals surface area contributed by atoms with Gasteiger partial charge in [0.2, 0.25) is 0 Å². The van der Waals surface area contributed by atoms with Gasteiger partial charge in [-0.05, 0) is 74.6 Å². The van der Waals surface area contributed by atoms with E-state index in [0.29, 0.717) is 33.8 Å². The summed E-state index contributed by atoms with van der Waals surface area (Å²) in [6, 6.07) is 13.6. The monoisotopic (exact) mass is 540 g/mol. The Labute approximate surface area is 223 Å². The summed E-state index contributed by atoms with van der Waals surface area (Å²) in [5.74, 6) is 1.57. The Bertz CT molecular complexity index is 1380. The van der Waals surface area contributed by atoms with E-state index in [1.165, 1.54) is 0 Å². The second kappa shape index (κ2) is 8.81. The SMILES string of the molecule is O[C@@]1(c2nc3ccccc3s2)[C@@H]2CC[C@H]1C[C@H](OCc1c(-c3c(Cl)cccc3Cl)noc1C1CC1)C2. The van der Waals surface area contributed by atoms with Gasteiger partial charge in [0.1, 0.15) is 22.1 Å². The maximum Gasteiger partial charge on any atom is 0.145 e. The van der Waals surface area contributed by atoms with Gasteiger partial charge in [0, 0.05) is 17.0 Å². The molecule has 2 heterocycles. The van der Waals surface area contributed by atoms with Crippen LogP contribution in [0.2, 0.25) is 10.0 Å². The normalized spacial score (nSPS) is 27.7. The second-order valence-corrected chi connectivity index (χ2v) is 12.3. The lowest BCUT2D eigenvalue weighted by Gasteiger charge is -2.41. The van der Waals surface area contributed by atoms with Crippen LogP contribution in [0.4, 0.5) is 0 Å². The fourth-order valence-electron chi connectivity index (χ4n) is 6.28. The van der Waals surface area contributed by atoms with E-state index in [0.717, 1.165) is 65.1 Å². The second-order valence-electron chi connectivity index (χ2n) is 10.4. The van der Waals surface area contributed by atoms with Crippen molar-refractivity contribution in [2.45, 2.75) is 62.8 Å². The van der Waals surface area contributed by atoms with Crippen molar-refractivity contribution in [2.24, 2.45) is 11.8 Å². The number of ether oxygens (including phenoxy) is 1. The summed E-state index contributed by atoms with van der Waals surface area (Å²) in [6.45, 7) is 0.399. The summed E-state index contributed by atoms with van der Waals surface area (Å²) >= 11 is 14.7. The van der Waals surface area contributed by atoms with Crippen LogP contribution in [-0.2, 0) is 16.9 Å². The molecular formula is C28H26Cl2N2O3S. The van der Waals surface area contributed by atoms with Gasteiger partial charge in [-0.15, -0.1) is 11.3 Å². The van der Waals surface area contributed by atoms with E-state index in [2.05, 4.69) is 11.2 Å². The number of benzene rings is 2. The van der Waals surface area contributed by atoms with Crippen molar-refractivity contribution >= 4 is 44.8 Å². The third kappa shape index (κ3) is 3.72. The van der Waals surface area contributed by atoms with E-state index in [4.69, 9.17) is 37.4 Å². The average molecular weight is 542 g/mol. The van der Waals surface area contributed by atoms with Gasteiger partial charge in [-0.1, -0.05) is 46.6 Å². The van der Waals surface area contributed by atoms with Crippen LogP contribution in [0.15, 0.2) is 47.0 Å². The molecule has 3 aliphatic rings. The lowest BCUT2D eigenvalue weighted by atomic mass is 9.73.